The summed E-state index contributed by atoms with van der Waals surface area (Å²) in [6.45, 7) is 2.69. The van der Waals surface area contributed by atoms with Gasteiger partial charge in [0.15, 0.2) is 0 Å². The SMILES string of the molecule is Cc1cc2c(CN(N)/C=C(\N)c3ccc(NC(=O)CNC(=O)CNC(=O)CCCCCN4C(=O)C=CC4=O)cc3)c3c(nc2cc1F)-c1cc(C)c(COC(=O)O)c(=O)n1C3. The quantitative estimate of drug-likeness (QED) is 0.0259. The molecule has 2 aromatic heterocycles. The van der Waals surface area contributed by atoms with E-state index < -0.39 is 36.0 Å². The molecule has 18 nitrogen and oxygen atoms in total. The third-order valence-corrected chi connectivity index (χ3v) is 10.2. The first-order valence-corrected chi connectivity index (χ1v) is 19.3. The molecule has 8 N–H and O–H groups in total. The third kappa shape index (κ3) is 10.3. The lowest BCUT2D eigenvalue weighted by atomic mass is 9.98. The van der Waals surface area contributed by atoms with Gasteiger partial charge in [0.25, 0.3) is 17.4 Å². The predicted molar refractivity (Wildman–Crippen MR) is 220 cm³/mol. The number of amides is 5. The van der Waals surface area contributed by atoms with E-state index in [1.807, 2.05) is 0 Å². The van der Waals surface area contributed by atoms with Crippen molar-refractivity contribution in [1.82, 2.24) is 30.1 Å². The van der Waals surface area contributed by atoms with E-state index in [1.54, 1.807) is 50.2 Å². The zero-order chi connectivity index (χ0) is 44.0. The summed E-state index contributed by atoms with van der Waals surface area (Å²) in [5, 5.41) is 18.6. The molecule has 0 fully saturated rings. The molecule has 0 aliphatic carbocycles. The zero-order valence-corrected chi connectivity index (χ0v) is 33.4. The summed E-state index contributed by atoms with van der Waals surface area (Å²) in [5.41, 5.74) is 11.0. The fourth-order valence-electron chi connectivity index (χ4n) is 7.02. The van der Waals surface area contributed by atoms with Gasteiger partial charge in [0, 0.05) is 54.0 Å². The third-order valence-electron chi connectivity index (χ3n) is 10.2. The van der Waals surface area contributed by atoms with Crippen LogP contribution in [0.4, 0.5) is 14.9 Å². The summed E-state index contributed by atoms with van der Waals surface area (Å²) in [6.07, 6.45) is 4.28. The molecular formula is C42H44FN9O9. The van der Waals surface area contributed by atoms with Gasteiger partial charge >= 0.3 is 6.16 Å². The second-order valence-corrected chi connectivity index (χ2v) is 14.6. The van der Waals surface area contributed by atoms with Gasteiger partial charge in [-0.3, -0.25) is 33.7 Å². The van der Waals surface area contributed by atoms with Gasteiger partial charge in [-0.15, -0.1) is 0 Å². The Bertz CT molecular complexity index is 2550. The lowest BCUT2D eigenvalue weighted by Gasteiger charge is -2.19. The van der Waals surface area contributed by atoms with E-state index in [0.29, 0.717) is 75.1 Å². The Morgan fingerprint density at radius 2 is 1.61 bits per heavy atom. The van der Waals surface area contributed by atoms with Crippen LogP contribution in [0.2, 0.25) is 0 Å². The Kier molecular flexibility index (Phi) is 13.2. The summed E-state index contributed by atoms with van der Waals surface area (Å²) >= 11 is 0. The van der Waals surface area contributed by atoms with Gasteiger partial charge in [0.05, 0.1) is 54.3 Å². The molecule has 0 saturated carbocycles. The van der Waals surface area contributed by atoms with Gasteiger partial charge in [-0.25, -0.2) is 20.0 Å². The molecule has 0 unspecified atom stereocenters. The molecule has 0 radical (unpaired) electrons. The standard InChI is InChI=1S/C42H44FN9O9/c1-23-15-34-40-29(20-52(34)41(58)30(23)22-61-42(59)60)28(27-14-24(2)31(43)16-33(27)49-40)19-50(45)21-32(44)25-7-9-26(10-8-25)48-37(55)18-47-36(54)17-46-35(53)6-4-3-5-13-51-38(56)11-12-39(51)57/h7-12,14-16,21H,3-6,13,17-20,22,44-45H2,1-2H3,(H,46,53)(H,47,54)(H,48,55)(H,59,60)/b32-21-. The van der Waals surface area contributed by atoms with E-state index in [0.717, 1.165) is 4.90 Å². The van der Waals surface area contributed by atoms with Gasteiger partial charge < -0.3 is 41.1 Å². The second kappa shape index (κ2) is 18.7. The van der Waals surface area contributed by atoms with Crippen LogP contribution in [-0.4, -0.2) is 79.9 Å². The number of nitrogens with zero attached hydrogens (tertiary/aromatic N) is 4. The number of anilines is 1. The van der Waals surface area contributed by atoms with Crippen molar-refractivity contribution >= 4 is 58.0 Å². The number of carboxylic acid groups (broad SMARTS) is 1. The van der Waals surface area contributed by atoms with E-state index in [4.69, 9.17) is 26.4 Å². The fraction of sp³-hybridized carbons (Fsp3) is 0.286. The molecule has 0 atom stereocenters. The van der Waals surface area contributed by atoms with Crippen LogP contribution in [0, 0.1) is 19.7 Å². The Balaban J connectivity index is 1.02. The highest BCUT2D eigenvalue weighted by molar-refractivity contribution is 6.12. The number of aryl methyl sites for hydroxylation is 2. The monoisotopic (exact) mass is 837 g/mol. The average molecular weight is 838 g/mol. The van der Waals surface area contributed by atoms with Crippen LogP contribution >= 0.6 is 0 Å². The van der Waals surface area contributed by atoms with E-state index in [9.17, 15) is 38.0 Å². The van der Waals surface area contributed by atoms with Gasteiger partial charge in [-0.05, 0) is 73.2 Å². The number of aromatic nitrogens is 2. The van der Waals surface area contributed by atoms with Crippen molar-refractivity contribution in [1.29, 1.82) is 0 Å². The Labute approximate surface area is 348 Å². The first-order valence-electron chi connectivity index (χ1n) is 19.3. The highest BCUT2D eigenvalue weighted by Gasteiger charge is 2.29. The number of fused-ring (bicyclic) bond motifs is 4. The maximum absolute atomic E-state index is 14.8. The van der Waals surface area contributed by atoms with Crippen LogP contribution in [0.5, 0.6) is 0 Å². The summed E-state index contributed by atoms with van der Waals surface area (Å²) in [5.74, 6) is 3.95. The smallest absolute Gasteiger partial charge is 0.450 e. The highest BCUT2D eigenvalue weighted by Crippen LogP contribution is 2.37. The van der Waals surface area contributed by atoms with Gasteiger partial charge in [-0.1, -0.05) is 18.6 Å². The fourth-order valence-corrected chi connectivity index (χ4v) is 7.02. The first kappa shape index (κ1) is 43.2. The Morgan fingerprint density at radius 3 is 2.31 bits per heavy atom. The van der Waals surface area contributed by atoms with Crippen molar-refractivity contribution in [3.8, 4) is 11.4 Å². The Morgan fingerprint density at radius 1 is 0.918 bits per heavy atom. The van der Waals surface area contributed by atoms with Crippen molar-refractivity contribution < 1.29 is 43.0 Å². The van der Waals surface area contributed by atoms with Crippen molar-refractivity contribution in [3.05, 3.63) is 110 Å². The molecule has 2 aliphatic heterocycles. The van der Waals surface area contributed by atoms with Crippen molar-refractivity contribution in [3.63, 3.8) is 0 Å². The Hall–Kier alpha value is -7.41. The molecule has 2 aromatic carbocycles. The number of rotatable bonds is 17. The average Bonchev–Trinajstić information content (AvgIpc) is 3.74. The molecule has 6 rings (SSSR count). The van der Waals surface area contributed by atoms with E-state index in [1.165, 1.54) is 34.0 Å². The summed E-state index contributed by atoms with van der Waals surface area (Å²) < 4.78 is 21.0. The number of carbonyl (C=O) groups excluding carboxylic acids is 5. The molecule has 4 heterocycles. The number of benzene rings is 2. The lowest BCUT2D eigenvalue weighted by molar-refractivity contribution is -0.137. The van der Waals surface area contributed by atoms with E-state index in [2.05, 4.69) is 16.0 Å². The number of nitrogens with one attached hydrogen (secondary N) is 3. The predicted octanol–water partition coefficient (Wildman–Crippen LogP) is 2.67. The molecule has 0 bridgehead atoms. The number of nitrogens with two attached hydrogens (primary N) is 2. The largest absolute Gasteiger partial charge is 0.506 e. The maximum Gasteiger partial charge on any atom is 0.506 e. The molecule has 0 spiro atoms. The second-order valence-electron chi connectivity index (χ2n) is 14.6. The van der Waals surface area contributed by atoms with Gasteiger partial charge in [-0.2, -0.15) is 0 Å². The van der Waals surface area contributed by atoms with Gasteiger partial charge in [0.1, 0.15) is 12.4 Å². The lowest BCUT2D eigenvalue weighted by Crippen LogP contribution is -2.40. The number of pyridine rings is 2. The number of hydrogen-bond donors (Lipinski definition) is 6. The molecule has 4 aromatic rings. The van der Waals surface area contributed by atoms with Crippen molar-refractivity contribution in [2.45, 2.75) is 59.2 Å². The van der Waals surface area contributed by atoms with Gasteiger partial charge in [0.2, 0.25) is 17.7 Å². The molecule has 2 aliphatic rings. The van der Waals surface area contributed by atoms with Crippen LogP contribution in [-0.2, 0) is 48.4 Å². The normalized spacial score (nSPS) is 13.0. The summed E-state index contributed by atoms with van der Waals surface area (Å²) in [4.78, 5) is 90.5. The number of imide groups is 1. The molecule has 61 heavy (non-hydrogen) atoms. The van der Waals surface area contributed by atoms with Crippen LogP contribution in [0.3, 0.4) is 0 Å². The van der Waals surface area contributed by atoms with Crippen LogP contribution in [0.25, 0.3) is 28.0 Å². The molecule has 0 saturated heterocycles. The number of halogens is 1. The summed E-state index contributed by atoms with van der Waals surface area (Å²) in [7, 11) is 0. The first-order chi connectivity index (χ1) is 29.1. The van der Waals surface area contributed by atoms with Crippen LogP contribution < -0.4 is 33.1 Å². The van der Waals surface area contributed by atoms with Crippen molar-refractivity contribution in [2.24, 2.45) is 11.6 Å². The minimum atomic E-state index is -1.51. The summed E-state index contributed by atoms with van der Waals surface area (Å²) in [6, 6.07) is 11.3. The maximum atomic E-state index is 14.8. The highest BCUT2D eigenvalue weighted by atomic mass is 19.1. The number of ether oxygens (including phenoxy) is 1. The molecule has 19 heteroatoms. The minimum Gasteiger partial charge on any atom is -0.450 e. The van der Waals surface area contributed by atoms with Crippen LogP contribution in [0.1, 0.15) is 59.1 Å². The zero-order valence-electron chi connectivity index (χ0n) is 33.4. The molecular weight excluding hydrogens is 794 g/mol. The number of hydrogen-bond acceptors (Lipinski definition) is 12. The minimum absolute atomic E-state index is 0.0820. The van der Waals surface area contributed by atoms with E-state index in [-0.39, 0.29) is 68.1 Å². The molecule has 318 valence electrons. The number of hydrazine groups is 1. The van der Waals surface area contributed by atoms with E-state index >= 15 is 0 Å². The van der Waals surface area contributed by atoms with Crippen LogP contribution in [0.15, 0.2) is 65.6 Å². The van der Waals surface area contributed by atoms with Crippen molar-refractivity contribution in [2.75, 3.05) is 25.0 Å². The molecule has 5 amide bonds. The topological polar surface area (TPSA) is 261 Å². The number of carbonyl (C=O) groups is 6. The number of unbranched alkanes of at least 4 members (excludes halogenated alkanes) is 2.